The van der Waals surface area contributed by atoms with Crippen LogP contribution in [0.3, 0.4) is 0 Å². The van der Waals surface area contributed by atoms with E-state index in [-0.39, 0.29) is 34.4 Å². The van der Waals surface area contributed by atoms with E-state index in [1.165, 1.54) is 22.8 Å². The first kappa shape index (κ1) is 25.7. The Bertz CT molecular complexity index is 1500. The summed E-state index contributed by atoms with van der Waals surface area (Å²) in [5, 5.41) is 38.6. The molecule has 37 heavy (non-hydrogen) atoms. The minimum absolute atomic E-state index is 0.00206. The molecule has 0 saturated heterocycles. The zero-order valence-corrected chi connectivity index (χ0v) is 20.0. The standard InChI is InChI=1S/C27H24F3N3O4/c1-15-10-16(2)12-19(11-15)33-22-14-18(27(28,29)30)7-8-20(22)25(26(33)37)32-31-21-9-6-17(13-23(21)34)4-3-5-24(35)36/h6-14,34,37H,3-5H2,1-2H3,(H,35,36). The molecule has 0 unspecified atom stereocenters. The average molecular weight is 512 g/mol. The number of carboxylic acid groups (broad SMARTS) is 1. The smallest absolute Gasteiger partial charge is 0.416 e. The maximum atomic E-state index is 13.5. The van der Waals surface area contributed by atoms with Gasteiger partial charge in [0.2, 0.25) is 5.88 Å². The summed E-state index contributed by atoms with van der Waals surface area (Å²) in [7, 11) is 0. The topological polar surface area (TPSA) is 107 Å². The molecule has 0 spiro atoms. The van der Waals surface area contributed by atoms with Gasteiger partial charge in [0.25, 0.3) is 0 Å². The molecular formula is C27H24F3N3O4. The number of carboxylic acids is 1. The fourth-order valence-electron chi connectivity index (χ4n) is 4.23. The highest BCUT2D eigenvalue weighted by Crippen LogP contribution is 2.44. The number of hydrogen-bond donors (Lipinski definition) is 3. The highest BCUT2D eigenvalue weighted by atomic mass is 19.4. The summed E-state index contributed by atoms with van der Waals surface area (Å²) in [6, 6.07) is 13.1. The number of aromatic nitrogens is 1. The van der Waals surface area contributed by atoms with Crippen LogP contribution in [0.2, 0.25) is 0 Å². The number of benzene rings is 3. The Kier molecular flexibility index (Phi) is 6.93. The van der Waals surface area contributed by atoms with Crippen LogP contribution in [0.5, 0.6) is 11.6 Å². The first-order valence-electron chi connectivity index (χ1n) is 11.4. The van der Waals surface area contributed by atoms with E-state index >= 15 is 0 Å². The number of alkyl halides is 3. The van der Waals surface area contributed by atoms with Gasteiger partial charge in [-0.15, -0.1) is 10.2 Å². The molecule has 1 aromatic heterocycles. The van der Waals surface area contributed by atoms with Gasteiger partial charge in [-0.1, -0.05) is 12.1 Å². The average Bonchev–Trinajstić information content (AvgIpc) is 3.07. The summed E-state index contributed by atoms with van der Waals surface area (Å²) < 4.78 is 41.7. The lowest BCUT2D eigenvalue weighted by molar-refractivity contribution is -0.138. The number of hydrogen-bond acceptors (Lipinski definition) is 5. The summed E-state index contributed by atoms with van der Waals surface area (Å²) in [5.41, 5.74) is 2.17. The molecule has 0 atom stereocenters. The van der Waals surface area contributed by atoms with E-state index in [9.17, 15) is 28.2 Å². The molecule has 3 aromatic carbocycles. The van der Waals surface area contributed by atoms with E-state index in [2.05, 4.69) is 10.2 Å². The molecular weight excluding hydrogens is 487 g/mol. The van der Waals surface area contributed by atoms with Crippen molar-refractivity contribution in [3.8, 4) is 17.3 Å². The Hall–Kier alpha value is -4.34. The summed E-state index contributed by atoms with van der Waals surface area (Å²) in [4.78, 5) is 10.7. The molecule has 0 radical (unpaired) electrons. The van der Waals surface area contributed by atoms with Crippen LogP contribution in [0, 0.1) is 13.8 Å². The van der Waals surface area contributed by atoms with Crippen molar-refractivity contribution in [2.24, 2.45) is 10.2 Å². The molecule has 0 aliphatic carbocycles. The third kappa shape index (κ3) is 5.58. The van der Waals surface area contributed by atoms with Crippen LogP contribution in [-0.4, -0.2) is 25.9 Å². The molecule has 0 saturated carbocycles. The van der Waals surface area contributed by atoms with Crippen molar-refractivity contribution in [2.45, 2.75) is 39.3 Å². The normalized spacial score (nSPS) is 12.0. The summed E-state index contributed by atoms with van der Waals surface area (Å²) in [6.07, 6.45) is -3.73. The van der Waals surface area contributed by atoms with E-state index in [4.69, 9.17) is 5.11 Å². The predicted molar refractivity (Wildman–Crippen MR) is 132 cm³/mol. The molecule has 192 valence electrons. The van der Waals surface area contributed by atoms with Gasteiger partial charge in [0.1, 0.15) is 11.4 Å². The molecule has 10 heteroatoms. The second-order valence-corrected chi connectivity index (χ2v) is 8.85. The first-order valence-corrected chi connectivity index (χ1v) is 11.4. The largest absolute Gasteiger partial charge is 0.506 e. The number of aromatic hydroxyl groups is 2. The van der Waals surface area contributed by atoms with E-state index < -0.39 is 23.6 Å². The molecule has 0 fully saturated rings. The van der Waals surface area contributed by atoms with Crippen molar-refractivity contribution in [3.05, 3.63) is 76.9 Å². The summed E-state index contributed by atoms with van der Waals surface area (Å²) in [6.45, 7) is 3.68. The van der Waals surface area contributed by atoms with Gasteiger partial charge in [-0.3, -0.25) is 9.36 Å². The number of aryl methyl sites for hydroxylation is 3. The minimum atomic E-state index is -4.58. The minimum Gasteiger partial charge on any atom is -0.506 e. The van der Waals surface area contributed by atoms with Crippen molar-refractivity contribution in [1.29, 1.82) is 0 Å². The molecule has 7 nitrogen and oxygen atoms in total. The Labute approximate surface area is 210 Å². The lowest BCUT2D eigenvalue weighted by atomic mass is 10.1. The number of halogens is 3. The van der Waals surface area contributed by atoms with Gasteiger partial charge in [-0.05, 0) is 85.8 Å². The molecule has 0 amide bonds. The number of rotatable bonds is 7. The number of phenols is 1. The van der Waals surface area contributed by atoms with E-state index in [0.717, 1.165) is 23.3 Å². The Balaban J connectivity index is 1.79. The summed E-state index contributed by atoms with van der Waals surface area (Å²) >= 11 is 0. The SMILES string of the molecule is Cc1cc(C)cc(-n2c(O)c(N=Nc3ccc(CCCC(=O)O)cc3O)c3ccc(C(F)(F)F)cc32)c1. The van der Waals surface area contributed by atoms with Gasteiger partial charge >= 0.3 is 12.1 Å². The van der Waals surface area contributed by atoms with Gasteiger partial charge in [0.15, 0.2) is 5.69 Å². The van der Waals surface area contributed by atoms with Gasteiger partial charge < -0.3 is 15.3 Å². The quantitative estimate of drug-likeness (QED) is 0.223. The predicted octanol–water partition coefficient (Wildman–Crippen LogP) is 7.50. The molecule has 0 aliphatic rings. The number of azo groups is 1. The highest BCUT2D eigenvalue weighted by Gasteiger charge is 2.32. The molecule has 4 aromatic rings. The molecule has 3 N–H and O–H groups in total. The molecule has 0 aliphatic heterocycles. The monoisotopic (exact) mass is 511 g/mol. The van der Waals surface area contributed by atoms with Crippen molar-refractivity contribution >= 4 is 28.2 Å². The number of aliphatic carboxylic acids is 1. The maximum absolute atomic E-state index is 13.5. The van der Waals surface area contributed by atoms with E-state index in [1.807, 2.05) is 19.9 Å². The third-order valence-corrected chi connectivity index (χ3v) is 5.86. The van der Waals surface area contributed by atoms with Gasteiger partial charge in [0, 0.05) is 17.5 Å². The molecule has 0 bridgehead atoms. The second kappa shape index (κ2) is 9.96. The van der Waals surface area contributed by atoms with Crippen LogP contribution < -0.4 is 0 Å². The zero-order chi connectivity index (χ0) is 26.9. The highest BCUT2D eigenvalue weighted by molar-refractivity contribution is 5.97. The van der Waals surface area contributed by atoms with Crippen molar-refractivity contribution < 1.29 is 33.3 Å². The van der Waals surface area contributed by atoms with Gasteiger partial charge in [-0.25, -0.2) is 0 Å². The van der Waals surface area contributed by atoms with Crippen LogP contribution >= 0.6 is 0 Å². The van der Waals surface area contributed by atoms with E-state index in [1.54, 1.807) is 18.2 Å². The Morgan fingerprint density at radius 1 is 0.946 bits per heavy atom. The number of carbonyl (C=O) groups is 1. The van der Waals surface area contributed by atoms with Crippen molar-refractivity contribution in [2.75, 3.05) is 0 Å². The van der Waals surface area contributed by atoms with Crippen LogP contribution in [0.25, 0.3) is 16.6 Å². The van der Waals surface area contributed by atoms with Crippen LogP contribution in [0.15, 0.2) is 64.8 Å². The lowest BCUT2D eigenvalue weighted by Gasteiger charge is -2.11. The van der Waals surface area contributed by atoms with Crippen LogP contribution in [0.4, 0.5) is 24.5 Å². The second-order valence-electron chi connectivity index (χ2n) is 8.85. The van der Waals surface area contributed by atoms with Crippen molar-refractivity contribution in [1.82, 2.24) is 4.57 Å². The van der Waals surface area contributed by atoms with Gasteiger partial charge in [-0.2, -0.15) is 13.2 Å². The third-order valence-electron chi connectivity index (χ3n) is 5.86. The first-order chi connectivity index (χ1) is 17.4. The fourth-order valence-corrected chi connectivity index (χ4v) is 4.23. The number of phenolic OH excluding ortho intramolecular Hbond substituents is 1. The van der Waals surface area contributed by atoms with E-state index in [0.29, 0.717) is 24.1 Å². The Morgan fingerprint density at radius 3 is 2.27 bits per heavy atom. The number of nitrogens with zero attached hydrogens (tertiary/aromatic N) is 3. The Morgan fingerprint density at radius 2 is 1.65 bits per heavy atom. The van der Waals surface area contributed by atoms with Crippen LogP contribution in [0.1, 0.15) is 35.1 Å². The maximum Gasteiger partial charge on any atom is 0.416 e. The van der Waals surface area contributed by atoms with Gasteiger partial charge in [0.05, 0.1) is 11.1 Å². The molecule has 1 heterocycles. The lowest BCUT2D eigenvalue weighted by Crippen LogP contribution is -2.05. The number of fused-ring (bicyclic) bond motifs is 1. The fraction of sp³-hybridized carbons (Fsp3) is 0.222. The van der Waals surface area contributed by atoms with Crippen LogP contribution in [-0.2, 0) is 17.4 Å². The zero-order valence-electron chi connectivity index (χ0n) is 20.0. The molecule has 4 rings (SSSR count). The van der Waals surface area contributed by atoms with Crippen molar-refractivity contribution in [3.63, 3.8) is 0 Å². The summed E-state index contributed by atoms with van der Waals surface area (Å²) in [5.74, 6) is -1.50.